The first-order valence-corrected chi connectivity index (χ1v) is 4.52. The van der Waals surface area contributed by atoms with Gasteiger partial charge in [0.15, 0.2) is 0 Å². The highest BCUT2D eigenvalue weighted by Crippen LogP contribution is 2.25. The van der Waals surface area contributed by atoms with E-state index in [0.29, 0.717) is 0 Å². The first-order valence-electron chi connectivity index (χ1n) is 4.52. The molecule has 14 heavy (non-hydrogen) atoms. The second-order valence-electron chi connectivity index (χ2n) is 3.37. The molecule has 0 spiro atoms. The van der Waals surface area contributed by atoms with Gasteiger partial charge in [0, 0.05) is 5.39 Å². The Morgan fingerprint density at radius 1 is 0.857 bits per heavy atom. The molecule has 0 fully saturated rings. The number of hydrogen-bond donors (Lipinski definition) is 0. The van der Waals surface area contributed by atoms with Crippen molar-refractivity contribution in [3.63, 3.8) is 0 Å². The summed E-state index contributed by atoms with van der Waals surface area (Å²) >= 11 is 0. The molecule has 2 aromatic carbocycles. The Labute approximate surface area is 81.0 Å². The fourth-order valence-electron chi connectivity index (χ4n) is 1.87. The Kier molecular flexibility index (Phi) is 1.34. The average Bonchev–Trinajstić information content (AvgIpc) is 2.61. The summed E-state index contributed by atoms with van der Waals surface area (Å²) in [6, 6.07) is 13.8. The van der Waals surface area contributed by atoms with Crippen molar-refractivity contribution in [2.45, 2.75) is 0 Å². The van der Waals surface area contributed by atoms with Crippen LogP contribution in [0.1, 0.15) is 0 Å². The third-order valence-corrected chi connectivity index (χ3v) is 2.54. The molecule has 2 heteroatoms. The van der Waals surface area contributed by atoms with Crippen LogP contribution in [0.15, 0.2) is 48.7 Å². The molecule has 3 rings (SSSR count). The Morgan fingerprint density at radius 3 is 2.57 bits per heavy atom. The molecule has 2 nitrogen and oxygen atoms in total. The van der Waals surface area contributed by atoms with E-state index in [0.717, 1.165) is 26.4 Å². The zero-order valence-corrected chi connectivity index (χ0v) is 7.47. The molecule has 0 aliphatic carbocycles. The van der Waals surface area contributed by atoms with Gasteiger partial charge < -0.3 is 9.94 Å². The number of nitrogens with zero attached hydrogens (tertiary/aromatic N) is 1. The fraction of sp³-hybridized carbons (Fsp3) is 0. The average molecular weight is 182 g/mol. The second-order valence-corrected chi connectivity index (χ2v) is 3.37. The van der Waals surface area contributed by atoms with Crippen LogP contribution in [0.2, 0.25) is 0 Å². The van der Waals surface area contributed by atoms with E-state index in [2.05, 4.69) is 0 Å². The molecule has 1 heterocycles. The van der Waals surface area contributed by atoms with Crippen LogP contribution in [-0.4, -0.2) is 4.73 Å². The van der Waals surface area contributed by atoms with Gasteiger partial charge in [0.1, 0.15) is 0 Å². The molecule has 0 N–H and O–H groups in total. The van der Waals surface area contributed by atoms with E-state index in [-0.39, 0.29) is 0 Å². The van der Waals surface area contributed by atoms with Crippen LogP contribution in [0.5, 0.6) is 0 Å². The summed E-state index contributed by atoms with van der Waals surface area (Å²) in [5.41, 5.74) is 0.767. The molecule has 0 atom stereocenters. The standard InChI is InChI=1S/C12H8NO/c14-13-8-7-10-6-5-9-3-1-2-4-11(9)12(10)13/h1-8H/q-1. The normalized spacial score (nSPS) is 11.1. The Bertz CT molecular complexity index is 610. The van der Waals surface area contributed by atoms with Crippen molar-refractivity contribution in [1.82, 2.24) is 4.73 Å². The van der Waals surface area contributed by atoms with E-state index in [9.17, 15) is 5.21 Å². The highest BCUT2D eigenvalue weighted by atomic mass is 16.5. The maximum Gasteiger partial charge on any atom is 0.0512 e. The van der Waals surface area contributed by atoms with Gasteiger partial charge in [-0.1, -0.05) is 36.4 Å². The lowest BCUT2D eigenvalue weighted by atomic mass is 10.1. The van der Waals surface area contributed by atoms with Crippen LogP contribution in [-0.2, 0) is 0 Å². The first kappa shape index (κ1) is 7.44. The third-order valence-electron chi connectivity index (χ3n) is 2.54. The highest BCUT2D eigenvalue weighted by molar-refractivity contribution is 6.05. The van der Waals surface area contributed by atoms with Gasteiger partial charge in [0.2, 0.25) is 0 Å². The molecule has 0 unspecified atom stereocenters. The van der Waals surface area contributed by atoms with Crippen LogP contribution in [0.3, 0.4) is 0 Å². The molecule has 1 aromatic heterocycles. The SMILES string of the molecule is [O-]n1ccc2ccc3ccccc3c21. The predicted octanol–water partition coefficient (Wildman–Crippen LogP) is 3.14. The van der Waals surface area contributed by atoms with Gasteiger partial charge >= 0.3 is 0 Å². The summed E-state index contributed by atoms with van der Waals surface area (Å²) in [6.07, 6.45) is 1.55. The van der Waals surface area contributed by atoms with Gasteiger partial charge in [0.25, 0.3) is 0 Å². The zero-order valence-electron chi connectivity index (χ0n) is 7.47. The topological polar surface area (TPSA) is 28.0 Å². The van der Waals surface area contributed by atoms with Crippen LogP contribution < -0.4 is 0 Å². The lowest BCUT2D eigenvalue weighted by Crippen LogP contribution is -1.83. The van der Waals surface area contributed by atoms with Gasteiger partial charge in [-0.25, -0.2) is 0 Å². The monoisotopic (exact) mass is 182 g/mol. The van der Waals surface area contributed by atoms with Crippen molar-refractivity contribution in [2.24, 2.45) is 0 Å². The van der Waals surface area contributed by atoms with Crippen molar-refractivity contribution in [3.8, 4) is 0 Å². The first-order chi connectivity index (χ1) is 6.86. The van der Waals surface area contributed by atoms with Crippen molar-refractivity contribution in [2.75, 3.05) is 0 Å². The maximum absolute atomic E-state index is 11.5. The molecular weight excluding hydrogens is 174 g/mol. The fourth-order valence-corrected chi connectivity index (χ4v) is 1.87. The van der Waals surface area contributed by atoms with Crippen molar-refractivity contribution in [3.05, 3.63) is 53.9 Å². The number of fused-ring (bicyclic) bond motifs is 3. The van der Waals surface area contributed by atoms with Crippen LogP contribution in [0, 0.1) is 5.21 Å². The third kappa shape index (κ3) is 0.852. The van der Waals surface area contributed by atoms with E-state index in [1.807, 2.05) is 42.5 Å². The summed E-state index contributed by atoms with van der Waals surface area (Å²) in [5.74, 6) is 0. The smallest absolute Gasteiger partial charge is 0.0512 e. The second kappa shape index (κ2) is 2.51. The molecule has 0 bridgehead atoms. The highest BCUT2D eigenvalue weighted by Gasteiger charge is 2.00. The molecule has 68 valence electrons. The van der Waals surface area contributed by atoms with Crippen molar-refractivity contribution >= 4 is 21.7 Å². The molecular formula is C12H8NO-. The molecule has 3 aromatic rings. The molecule has 0 radical (unpaired) electrons. The van der Waals surface area contributed by atoms with Gasteiger partial charge in [-0.2, -0.15) is 0 Å². The summed E-state index contributed by atoms with van der Waals surface area (Å²) in [6.45, 7) is 0. The van der Waals surface area contributed by atoms with Gasteiger partial charge in [-0.15, -0.1) is 0 Å². The van der Waals surface area contributed by atoms with Crippen LogP contribution in [0.25, 0.3) is 21.7 Å². The predicted molar refractivity (Wildman–Crippen MR) is 58.2 cm³/mol. The summed E-state index contributed by atoms with van der Waals surface area (Å²) in [5, 5.41) is 14.6. The van der Waals surface area contributed by atoms with Crippen molar-refractivity contribution < 1.29 is 0 Å². The summed E-state index contributed by atoms with van der Waals surface area (Å²) in [7, 11) is 0. The number of benzene rings is 2. The molecule has 0 amide bonds. The number of aromatic nitrogens is 1. The van der Waals surface area contributed by atoms with Gasteiger partial charge in [0.05, 0.1) is 5.52 Å². The van der Waals surface area contributed by atoms with E-state index in [1.165, 1.54) is 0 Å². The summed E-state index contributed by atoms with van der Waals surface area (Å²) in [4.78, 5) is 0. The number of rotatable bonds is 0. The van der Waals surface area contributed by atoms with E-state index in [4.69, 9.17) is 0 Å². The van der Waals surface area contributed by atoms with E-state index in [1.54, 1.807) is 6.20 Å². The minimum atomic E-state index is 0.767. The minimum Gasteiger partial charge on any atom is -0.806 e. The van der Waals surface area contributed by atoms with Crippen LogP contribution in [0.4, 0.5) is 0 Å². The molecule has 0 saturated heterocycles. The van der Waals surface area contributed by atoms with E-state index >= 15 is 0 Å². The molecule has 0 aliphatic heterocycles. The Balaban J connectivity index is 2.65. The van der Waals surface area contributed by atoms with Crippen molar-refractivity contribution in [1.29, 1.82) is 0 Å². The molecule has 0 aliphatic rings. The zero-order chi connectivity index (χ0) is 9.54. The Morgan fingerprint density at radius 2 is 1.64 bits per heavy atom. The van der Waals surface area contributed by atoms with Gasteiger partial charge in [-0.05, 0) is 23.0 Å². The van der Waals surface area contributed by atoms with Gasteiger partial charge in [-0.3, -0.25) is 0 Å². The number of hydrogen-bond acceptors (Lipinski definition) is 1. The lowest BCUT2D eigenvalue weighted by Gasteiger charge is -2.09. The molecule has 0 saturated carbocycles. The quantitative estimate of drug-likeness (QED) is 0.525. The van der Waals surface area contributed by atoms with Crippen LogP contribution >= 0.6 is 0 Å². The Hall–Kier alpha value is -1.96. The van der Waals surface area contributed by atoms with E-state index < -0.39 is 0 Å². The minimum absolute atomic E-state index is 0.767. The summed E-state index contributed by atoms with van der Waals surface area (Å²) < 4.78 is 0.928. The maximum atomic E-state index is 11.5. The lowest BCUT2D eigenvalue weighted by molar-refractivity contribution is 1.16. The largest absolute Gasteiger partial charge is 0.806 e.